The van der Waals surface area contributed by atoms with Crippen molar-refractivity contribution in [3.8, 4) is 16.9 Å². The summed E-state index contributed by atoms with van der Waals surface area (Å²) >= 11 is 0. The molecule has 1 atom stereocenters. The van der Waals surface area contributed by atoms with Crippen LogP contribution in [0.2, 0.25) is 0 Å². The highest BCUT2D eigenvalue weighted by Gasteiger charge is 2.22. The number of carboxylic acid groups (broad SMARTS) is 1. The first-order valence-electron chi connectivity index (χ1n) is 12.7. The Labute approximate surface area is 228 Å². The molecule has 0 bridgehead atoms. The highest BCUT2D eigenvalue weighted by Crippen LogP contribution is 2.23. The summed E-state index contributed by atoms with van der Waals surface area (Å²) in [5.74, 6) is -1.74. The molecule has 0 aliphatic carbocycles. The number of aliphatic carboxylic acids is 1. The molecule has 0 fully saturated rings. The molecule has 2 N–H and O–H groups in total. The molecule has 0 aromatic heterocycles. The lowest BCUT2D eigenvalue weighted by Gasteiger charge is -2.19. The number of carbonyl (C=O) groups excluding carboxylic acids is 2. The van der Waals surface area contributed by atoms with Crippen LogP contribution >= 0.6 is 0 Å². The summed E-state index contributed by atoms with van der Waals surface area (Å²) in [5.41, 5.74) is 4.43. The van der Waals surface area contributed by atoms with E-state index in [0.717, 1.165) is 16.7 Å². The van der Waals surface area contributed by atoms with Crippen LogP contribution in [0.4, 0.5) is 0 Å². The summed E-state index contributed by atoms with van der Waals surface area (Å²) < 4.78 is 5.53. The van der Waals surface area contributed by atoms with Gasteiger partial charge in [-0.25, -0.2) is 9.59 Å². The van der Waals surface area contributed by atoms with Gasteiger partial charge in [0.1, 0.15) is 11.8 Å². The maximum absolute atomic E-state index is 12.7. The van der Waals surface area contributed by atoms with Crippen LogP contribution in [0.1, 0.15) is 52.6 Å². The minimum absolute atomic E-state index is 0.0503. The Kier molecular flexibility index (Phi) is 8.25. The summed E-state index contributed by atoms with van der Waals surface area (Å²) in [6, 6.07) is 29.6. The van der Waals surface area contributed by atoms with Crippen molar-refractivity contribution in [2.75, 3.05) is 0 Å². The molecule has 0 aliphatic heterocycles. The third-order valence-electron chi connectivity index (χ3n) is 6.40. The minimum Gasteiger partial charge on any atom is -0.480 e. The van der Waals surface area contributed by atoms with Crippen LogP contribution in [0.3, 0.4) is 0 Å². The molecule has 0 saturated carbocycles. The number of esters is 1. The van der Waals surface area contributed by atoms with Gasteiger partial charge in [0.25, 0.3) is 5.91 Å². The largest absolute Gasteiger partial charge is 0.480 e. The molecule has 6 heteroatoms. The van der Waals surface area contributed by atoms with E-state index in [4.69, 9.17) is 4.74 Å². The summed E-state index contributed by atoms with van der Waals surface area (Å²) in [7, 11) is 0. The number of carbonyl (C=O) groups is 3. The van der Waals surface area contributed by atoms with E-state index in [2.05, 4.69) is 26.1 Å². The topological polar surface area (TPSA) is 92.7 Å². The number of amides is 1. The number of hydrogen-bond acceptors (Lipinski definition) is 4. The summed E-state index contributed by atoms with van der Waals surface area (Å²) in [6.45, 7) is 6.24. The maximum atomic E-state index is 12.7. The molecule has 4 aromatic carbocycles. The minimum atomic E-state index is -1.14. The van der Waals surface area contributed by atoms with Crippen molar-refractivity contribution in [1.82, 2.24) is 5.32 Å². The van der Waals surface area contributed by atoms with Gasteiger partial charge in [0.15, 0.2) is 0 Å². The normalized spacial score (nSPS) is 11.9. The van der Waals surface area contributed by atoms with Crippen LogP contribution < -0.4 is 10.1 Å². The van der Waals surface area contributed by atoms with Gasteiger partial charge in [-0.1, -0.05) is 87.5 Å². The molecule has 0 heterocycles. The first-order valence-corrected chi connectivity index (χ1v) is 12.7. The van der Waals surface area contributed by atoms with Crippen LogP contribution in [0.25, 0.3) is 11.1 Å². The van der Waals surface area contributed by atoms with Crippen molar-refractivity contribution in [3.63, 3.8) is 0 Å². The summed E-state index contributed by atoms with van der Waals surface area (Å²) in [6.07, 6.45) is 0.0779. The average Bonchev–Trinajstić information content (AvgIpc) is 2.93. The third-order valence-corrected chi connectivity index (χ3v) is 6.40. The van der Waals surface area contributed by atoms with Gasteiger partial charge in [0.05, 0.1) is 5.56 Å². The zero-order valence-electron chi connectivity index (χ0n) is 22.2. The summed E-state index contributed by atoms with van der Waals surface area (Å²) in [5, 5.41) is 12.3. The predicted octanol–water partition coefficient (Wildman–Crippen LogP) is 6.30. The zero-order valence-corrected chi connectivity index (χ0v) is 22.2. The molecule has 1 amide bonds. The van der Waals surface area contributed by atoms with E-state index in [0.29, 0.717) is 22.4 Å². The summed E-state index contributed by atoms with van der Waals surface area (Å²) in [4.78, 5) is 37.3. The fourth-order valence-corrected chi connectivity index (χ4v) is 4.11. The lowest BCUT2D eigenvalue weighted by atomic mass is 9.86. The second kappa shape index (κ2) is 11.8. The second-order valence-corrected chi connectivity index (χ2v) is 10.4. The van der Waals surface area contributed by atoms with Gasteiger partial charge in [-0.2, -0.15) is 0 Å². The quantitative estimate of drug-likeness (QED) is 0.210. The van der Waals surface area contributed by atoms with Crippen molar-refractivity contribution in [2.24, 2.45) is 0 Å². The van der Waals surface area contributed by atoms with E-state index in [-0.39, 0.29) is 11.8 Å². The molecule has 39 heavy (non-hydrogen) atoms. The van der Waals surface area contributed by atoms with Crippen LogP contribution in [-0.4, -0.2) is 29.0 Å². The fourth-order valence-electron chi connectivity index (χ4n) is 4.11. The standard InChI is InChI=1S/C33H31NO5/c1-33(2,3)27-16-14-24(15-17-27)30(35)34-29(31(36)37)20-22-12-18-28(19-13-22)39-32(38)26-11-7-10-25(21-26)23-8-5-4-6-9-23/h4-19,21,29H,20H2,1-3H3,(H,34,35)(H,36,37)/t29-/m0/s1. The van der Waals surface area contributed by atoms with E-state index < -0.39 is 23.9 Å². The highest BCUT2D eigenvalue weighted by atomic mass is 16.5. The smallest absolute Gasteiger partial charge is 0.343 e. The van der Waals surface area contributed by atoms with Crippen LogP contribution in [0, 0.1) is 0 Å². The van der Waals surface area contributed by atoms with E-state index >= 15 is 0 Å². The van der Waals surface area contributed by atoms with Crippen molar-refractivity contribution in [1.29, 1.82) is 0 Å². The second-order valence-electron chi connectivity index (χ2n) is 10.4. The number of carboxylic acids is 1. The molecule has 0 unspecified atom stereocenters. The van der Waals surface area contributed by atoms with E-state index in [1.807, 2.05) is 48.5 Å². The molecule has 0 aliphatic rings. The Morgan fingerprint density at radius 1 is 0.769 bits per heavy atom. The first kappa shape index (κ1) is 27.3. The Hall–Kier alpha value is -4.71. The van der Waals surface area contributed by atoms with Gasteiger partial charge in [-0.15, -0.1) is 0 Å². The zero-order chi connectivity index (χ0) is 28.0. The molecule has 4 aromatic rings. The molecular formula is C33H31NO5. The third kappa shape index (κ3) is 7.20. The SMILES string of the molecule is CC(C)(C)c1ccc(C(=O)N[C@@H](Cc2ccc(OC(=O)c3cccc(-c4ccccc4)c3)cc2)C(=O)O)cc1. The Balaban J connectivity index is 1.38. The van der Waals surface area contributed by atoms with Gasteiger partial charge >= 0.3 is 11.9 Å². The molecule has 198 valence electrons. The molecule has 6 nitrogen and oxygen atoms in total. The van der Waals surface area contributed by atoms with Crippen LogP contribution in [0.15, 0.2) is 103 Å². The monoisotopic (exact) mass is 521 g/mol. The van der Waals surface area contributed by atoms with Crippen molar-refractivity contribution in [2.45, 2.75) is 38.6 Å². The molecule has 0 saturated heterocycles. The Morgan fingerprint density at radius 2 is 1.41 bits per heavy atom. The maximum Gasteiger partial charge on any atom is 0.343 e. The van der Waals surface area contributed by atoms with Gasteiger partial charge in [0, 0.05) is 12.0 Å². The van der Waals surface area contributed by atoms with Crippen molar-refractivity contribution in [3.05, 3.63) is 125 Å². The predicted molar refractivity (Wildman–Crippen MR) is 151 cm³/mol. The van der Waals surface area contributed by atoms with Gasteiger partial charge in [-0.3, -0.25) is 4.79 Å². The number of rotatable bonds is 8. The lowest BCUT2D eigenvalue weighted by Crippen LogP contribution is -2.42. The van der Waals surface area contributed by atoms with Crippen molar-refractivity contribution < 1.29 is 24.2 Å². The number of hydrogen-bond donors (Lipinski definition) is 2. The van der Waals surface area contributed by atoms with E-state index in [1.54, 1.807) is 54.6 Å². The van der Waals surface area contributed by atoms with Crippen LogP contribution in [0.5, 0.6) is 5.75 Å². The van der Waals surface area contributed by atoms with Crippen molar-refractivity contribution >= 4 is 17.8 Å². The van der Waals surface area contributed by atoms with E-state index in [9.17, 15) is 19.5 Å². The van der Waals surface area contributed by atoms with E-state index in [1.165, 1.54) is 0 Å². The van der Waals surface area contributed by atoms with Crippen LogP contribution in [-0.2, 0) is 16.6 Å². The number of benzene rings is 4. The van der Waals surface area contributed by atoms with Gasteiger partial charge in [0.2, 0.25) is 0 Å². The molecule has 0 spiro atoms. The van der Waals surface area contributed by atoms with Gasteiger partial charge in [-0.05, 0) is 64.1 Å². The average molecular weight is 522 g/mol. The molecule has 4 rings (SSSR count). The lowest BCUT2D eigenvalue weighted by molar-refractivity contribution is -0.139. The Morgan fingerprint density at radius 3 is 2.03 bits per heavy atom. The highest BCUT2D eigenvalue weighted by molar-refractivity contribution is 5.96. The molecular weight excluding hydrogens is 490 g/mol. The number of ether oxygens (including phenoxy) is 1. The Bertz CT molecular complexity index is 1450. The molecule has 0 radical (unpaired) electrons. The number of nitrogens with one attached hydrogen (secondary N) is 1. The first-order chi connectivity index (χ1) is 18.6. The fraction of sp³-hybridized carbons (Fsp3) is 0.182. The van der Waals surface area contributed by atoms with Gasteiger partial charge < -0.3 is 15.2 Å².